The predicted octanol–water partition coefficient (Wildman–Crippen LogP) is 2.49. The van der Waals surface area contributed by atoms with E-state index in [9.17, 15) is 9.59 Å². The zero-order valence-electron chi connectivity index (χ0n) is 15.4. The molecule has 0 bridgehead atoms. The van der Waals surface area contributed by atoms with Gasteiger partial charge in [0.25, 0.3) is 5.91 Å². The molecule has 2 rings (SSSR count). The molecule has 0 unspecified atom stereocenters. The van der Waals surface area contributed by atoms with E-state index in [1.54, 1.807) is 25.1 Å². The van der Waals surface area contributed by atoms with Crippen LogP contribution in [0.15, 0.2) is 12.3 Å². The Bertz CT molecular complexity index is 650. The molecule has 1 aliphatic rings. The van der Waals surface area contributed by atoms with Crippen molar-refractivity contribution in [3.8, 4) is 0 Å². The van der Waals surface area contributed by atoms with Crippen LogP contribution in [0.4, 0.5) is 10.6 Å². The van der Waals surface area contributed by atoms with E-state index < -0.39 is 5.60 Å². The van der Waals surface area contributed by atoms with Gasteiger partial charge in [0.05, 0.1) is 10.6 Å². The number of carbonyl (C=O) groups is 2. The standard InChI is InChI=1S/C17H25ClN4O3/c1-17(2,3)25-16(24)22-8-6-21(7-9-22)14-13(18)10-12(11-19-14)15(23)20(4)5/h10-11H,6-9H2,1-5H3. The van der Waals surface area contributed by atoms with Crippen molar-refractivity contribution in [1.82, 2.24) is 14.8 Å². The van der Waals surface area contributed by atoms with Crippen LogP contribution >= 0.6 is 11.6 Å². The first-order chi connectivity index (χ1) is 11.6. The lowest BCUT2D eigenvalue weighted by Crippen LogP contribution is -2.50. The van der Waals surface area contributed by atoms with Gasteiger partial charge in [0.2, 0.25) is 0 Å². The molecule has 1 aromatic rings. The summed E-state index contributed by atoms with van der Waals surface area (Å²) in [4.78, 5) is 33.6. The highest BCUT2D eigenvalue weighted by atomic mass is 35.5. The minimum absolute atomic E-state index is 0.143. The van der Waals surface area contributed by atoms with E-state index in [2.05, 4.69) is 4.98 Å². The molecule has 1 saturated heterocycles. The second-order valence-electron chi connectivity index (χ2n) is 7.18. The van der Waals surface area contributed by atoms with Gasteiger partial charge in [0.1, 0.15) is 11.4 Å². The molecule has 7 nitrogen and oxygen atoms in total. The summed E-state index contributed by atoms with van der Waals surface area (Å²) in [6.07, 6.45) is 1.22. The zero-order valence-corrected chi connectivity index (χ0v) is 16.1. The second kappa shape index (κ2) is 7.47. The van der Waals surface area contributed by atoms with Crippen molar-refractivity contribution in [2.45, 2.75) is 26.4 Å². The van der Waals surface area contributed by atoms with Crippen LogP contribution < -0.4 is 4.90 Å². The molecule has 1 aliphatic heterocycles. The Morgan fingerprint density at radius 2 is 1.80 bits per heavy atom. The highest BCUT2D eigenvalue weighted by Gasteiger charge is 2.27. The summed E-state index contributed by atoms with van der Waals surface area (Å²) in [5.74, 6) is 0.483. The Kier molecular flexibility index (Phi) is 5.77. The number of hydrogen-bond donors (Lipinski definition) is 0. The third-order valence-corrected chi connectivity index (χ3v) is 3.98. The number of piperazine rings is 1. The van der Waals surface area contributed by atoms with Gasteiger partial charge >= 0.3 is 6.09 Å². The molecule has 0 aliphatic carbocycles. The fourth-order valence-electron chi connectivity index (χ4n) is 2.47. The van der Waals surface area contributed by atoms with E-state index in [1.165, 1.54) is 11.1 Å². The smallest absolute Gasteiger partial charge is 0.410 e. The van der Waals surface area contributed by atoms with Crippen LogP contribution in [0, 0.1) is 0 Å². The molecule has 138 valence electrons. The average molecular weight is 369 g/mol. The number of amides is 2. The predicted molar refractivity (Wildman–Crippen MR) is 97.3 cm³/mol. The summed E-state index contributed by atoms with van der Waals surface area (Å²) < 4.78 is 5.39. The number of aromatic nitrogens is 1. The van der Waals surface area contributed by atoms with Crippen molar-refractivity contribution in [1.29, 1.82) is 0 Å². The Balaban J connectivity index is 2.01. The van der Waals surface area contributed by atoms with E-state index in [-0.39, 0.29) is 12.0 Å². The summed E-state index contributed by atoms with van der Waals surface area (Å²) in [6, 6.07) is 1.63. The van der Waals surface area contributed by atoms with Crippen LogP contribution in [0.1, 0.15) is 31.1 Å². The summed E-state index contributed by atoms with van der Waals surface area (Å²) in [5.41, 5.74) is -0.0559. The van der Waals surface area contributed by atoms with Crippen LogP contribution in [0.25, 0.3) is 0 Å². The van der Waals surface area contributed by atoms with Crippen molar-refractivity contribution in [2.24, 2.45) is 0 Å². The van der Waals surface area contributed by atoms with Gasteiger partial charge in [-0.15, -0.1) is 0 Å². The number of anilines is 1. The largest absolute Gasteiger partial charge is 0.444 e. The van der Waals surface area contributed by atoms with Crippen molar-refractivity contribution in [2.75, 3.05) is 45.2 Å². The Hall–Kier alpha value is -2.02. The van der Waals surface area contributed by atoms with Gasteiger partial charge in [-0.05, 0) is 26.8 Å². The first-order valence-corrected chi connectivity index (χ1v) is 8.56. The van der Waals surface area contributed by atoms with Crippen molar-refractivity contribution < 1.29 is 14.3 Å². The molecular weight excluding hydrogens is 344 g/mol. The highest BCUT2D eigenvalue weighted by Crippen LogP contribution is 2.25. The summed E-state index contributed by atoms with van der Waals surface area (Å²) in [5, 5.41) is 0.429. The van der Waals surface area contributed by atoms with Gasteiger partial charge in [-0.3, -0.25) is 4.79 Å². The molecule has 0 aromatic carbocycles. The number of nitrogens with zero attached hydrogens (tertiary/aromatic N) is 4. The van der Waals surface area contributed by atoms with Gasteiger partial charge in [-0.2, -0.15) is 0 Å². The molecule has 2 heterocycles. The van der Waals surface area contributed by atoms with E-state index in [0.29, 0.717) is 42.6 Å². The minimum Gasteiger partial charge on any atom is -0.444 e. The molecule has 1 fully saturated rings. The van der Waals surface area contributed by atoms with Crippen molar-refractivity contribution in [3.63, 3.8) is 0 Å². The average Bonchev–Trinajstić information content (AvgIpc) is 2.52. The van der Waals surface area contributed by atoms with Gasteiger partial charge in [-0.25, -0.2) is 9.78 Å². The Morgan fingerprint density at radius 3 is 2.28 bits per heavy atom. The monoisotopic (exact) mass is 368 g/mol. The second-order valence-corrected chi connectivity index (χ2v) is 7.59. The number of hydrogen-bond acceptors (Lipinski definition) is 5. The fourth-order valence-corrected chi connectivity index (χ4v) is 2.75. The Labute approximate surface area is 153 Å². The summed E-state index contributed by atoms with van der Waals surface area (Å²) >= 11 is 6.32. The normalized spacial score (nSPS) is 15.1. The first kappa shape index (κ1) is 19.3. The van der Waals surface area contributed by atoms with Crippen LogP contribution in [-0.4, -0.2) is 72.7 Å². The van der Waals surface area contributed by atoms with Gasteiger partial charge in [0.15, 0.2) is 0 Å². The molecule has 0 atom stereocenters. The number of carbonyl (C=O) groups excluding carboxylic acids is 2. The molecule has 2 amide bonds. The summed E-state index contributed by atoms with van der Waals surface area (Å²) in [6.45, 7) is 7.82. The lowest BCUT2D eigenvalue weighted by atomic mass is 10.2. The van der Waals surface area contributed by atoms with E-state index in [4.69, 9.17) is 16.3 Å². The molecule has 1 aromatic heterocycles. The third kappa shape index (κ3) is 4.98. The molecule has 0 saturated carbocycles. The number of rotatable bonds is 2. The first-order valence-electron chi connectivity index (χ1n) is 8.18. The molecule has 0 radical (unpaired) electrons. The number of ether oxygens (including phenoxy) is 1. The molecule has 0 spiro atoms. The lowest BCUT2D eigenvalue weighted by molar-refractivity contribution is 0.0240. The molecule has 8 heteroatoms. The van der Waals surface area contributed by atoms with Crippen molar-refractivity contribution >= 4 is 29.4 Å². The molecule has 25 heavy (non-hydrogen) atoms. The zero-order chi connectivity index (χ0) is 18.8. The van der Waals surface area contributed by atoms with Gasteiger partial charge in [-0.1, -0.05) is 11.6 Å². The maximum atomic E-state index is 12.1. The lowest BCUT2D eigenvalue weighted by Gasteiger charge is -2.36. The quantitative estimate of drug-likeness (QED) is 0.802. The van der Waals surface area contributed by atoms with E-state index in [1.807, 2.05) is 25.7 Å². The Morgan fingerprint density at radius 1 is 1.20 bits per heavy atom. The van der Waals surface area contributed by atoms with Crippen LogP contribution in [0.5, 0.6) is 0 Å². The topological polar surface area (TPSA) is 66.0 Å². The summed E-state index contributed by atoms with van der Waals surface area (Å²) in [7, 11) is 3.36. The van der Waals surface area contributed by atoms with E-state index >= 15 is 0 Å². The maximum absolute atomic E-state index is 12.1. The van der Waals surface area contributed by atoms with Crippen molar-refractivity contribution in [3.05, 3.63) is 22.8 Å². The SMILES string of the molecule is CN(C)C(=O)c1cnc(N2CCN(C(=O)OC(C)(C)C)CC2)c(Cl)c1. The minimum atomic E-state index is -0.506. The van der Waals surface area contributed by atoms with Gasteiger partial charge < -0.3 is 19.4 Å². The van der Waals surface area contributed by atoms with Crippen LogP contribution in [-0.2, 0) is 4.74 Å². The number of pyridine rings is 1. The number of halogens is 1. The van der Waals surface area contributed by atoms with Gasteiger partial charge in [0, 0.05) is 46.5 Å². The van der Waals surface area contributed by atoms with E-state index in [0.717, 1.165) is 0 Å². The maximum Gasteiger partial charge on any atom is 0.410 e. The van der Waals surface area contributed by atoms with Crippen LogP contribution in [0.2, 0.25) is 5.02 Å². The third-order valence-electron chi connectivity index (χ3n) is 3.71. The molecule has 0 N–H and O–H groups in total. The van der Waals surface area contributed by atoms with Crippen LogP contribution in [0.3, 0.4) is 0 Å². The molecular formula is C17H25ClN4O3. The fraction of sp³-hybridized carbons (Fsp3) is 0.588. The highest BCUT2D eigenvalue weighted by molar-refractivity contribution is 6.33.